The molecule has 4 aromatic heterocycles. The second-order valence-corrected chi connectivity index (χ2v) is 16.1. The second kappa shape index (κ2) is 16.3. The van der Waals surface area contributed by atoms with E-state index in [2.05, 4.69) is 29.6 Å². The zero-order chi connectivity index (χ0) is 41.8. The normalized spacial score (nSPS) is 12.1. The van der Waals surface area contributed by atoms with Crippen LogP contribution >= 0.6 is 69.1 Å². The highest BCUT2D eigenvalue weighted by Gasteiger charge is 2.35. The van der Waals surface area contributed by atoms with Crippen molar-refractivity contribution in [3.8, 4) is 44.7 Å². The van der Waals surface area contributed by atoms with Crippen molar-refractivity contribution in [2.45, 2.75) is 58.7 Å². The molecule has 0 atom stereocenters. The predicted molar refractivity (Wildman–Crippen MR) is 201 cm³/mol. The Morgan fingerprint density at radius 2 is 1.26 bits per heavy atom. The van der Waals surface area contributed by atoms with Crippen LogP contribution in [0.1, 0.15) is 45.6 Å². The van der Waals surface area contributed by atoms with Gasteiger partial charge in [-0.2, -0.15) is 27.8 Å². The van der Waals surface area contributed by atoms with E-state index in [0.29, 0.717) is 35.5 Å². The van der Waals surface area contributed by atoms with E-state index in [9.17, 15) is 27.2 Å². The molecule has 57 heavy (non-hydrogen) atoms. The number of alkyl halides is 4. The average Bonchev–Trinajstić information content (AvgIpc) is 3.84. The van der Waals surface area contributed by atoms with Crippen LogP contribution < -0.4 is 18.9 Å². The van der Waals surface area contributed by atoms with Gasteiger partial charge >= 0.3 is 25.2 Å². The van der Waals surface area contributed by atoms with Crippen LogP contribution in [-0.4, -0.2) is 54.7 Å². The first-order valence-electron chi connectivity index (χ1n) is 16.1. The fourth-order valence-corrected chi connectivity index (χ4v) is 9.40. The molecule has 0 aliphatic carbocycles. The molecule has 2 aromatic carbocycles. The van der Waals surface area contributed by atoms with E-state index in [1.807, 2.05) is 6.92 Å². The molecule has 304 valence electrons. The lowest BCUT2D eigenvalue weighted by Crippen LogP contribution is -2.20. The first-order valence-corrected chi connectivity index (χ1v) is 19.3. The molecule has 0 spiro atoms. The van der Waals surface area contributed by atoms with E-state index in [4.69, 9.17) is 55.9 Å². The Kier molecular flexibility index (Phi) is 12.1. The van der Waals surface area contributed by atoms with Gasteiger partial charge in [0.25, 0.3) is 10.4 Å². The number of halogens is 10. The summed E-state index contributed by atoms with van der Waals surface area (Å²) in [6, 6.07) is 0.869. The maximum atomic E-state index is 16.7. The number of hydrogen-bond donors (Lipinski definition) is 0. The number of benzene rings is 2. The summed E-state index contributed by atoms with van der Waals surface area (Å²) in [6.45, 7) is -1.16. The molecule has 24 heteroatoms. The predicted octanol–water partition coefficient (Wildman–Crippen LogP) is 10.8. The molecule has 0 bridgehead atoms. The number of hydrogen-bond acceptors (Lipinski definition) is 12. The molecular weight excluding hydrogens is 896 g/mol. The Hall–Kier alpha value is -4.08. The van der Waals surface area contributed by atoms with Crippen LogP contribution in [0.2, 0.25) is 20.1 Å². The summed E-state index contributed by atoms with van der Waals surface area (Å²) >= 11 is 26.8. The minimum Gasteiger partial charge on any atom is -0.416 e. The van der Waals surface area contributed by atoms with Crippen LogP contribution in [0.25, 0.3) is 42.9 Å². The summed E-state index contributed by atoms with van der Waals surface area (Å²) in [5, 5.41) is 6.13. The van der Waals surface area contributed by atoms with Gasteiger partial charge < -0.3 is 18.9 Å². The highest BCUT2D eigenvalue weighted by molar-refractivity contribution is 7.21. The Balaban J connectivity index is 1.30. The number of fused-ring (bicyclic) bond motifs is 2. The van der Waals surface area contributed by atoms with Gasteiger partial charge in [-0.3, -0.25) is 9.59 Å². The van der Waals surface area contributed by atoms with E-state index < -0.39 is 75.6 Å². The van der Waals surface area contributed by atoms with Gasteiger partial charge in [-0.15, -0.1) is 0 Å². The van der Waals surface area contributed by atoms with Crippen molar-refractivity contribution in [3.05, 3.63) is 43.4 Å². The van der Waals surface area contributed by atoms with Crippen LogP contribution in [0.15, 0.2) is 6.07 Å². The van der Waals surface area contributed by atoms with Gasteiger partial charge in [-0.05, 0) is 17.9 Å². The molecule has 0 aliphatic rings. The molecule has 4 heterocycles. The largest absolute Gasteiger partial charge is 0.416 e. The van der Waals surface area contributed by atoms with Gasteiger partial charge in [-0.1, -0.05) is 96.3 Å². The van der Waals surface area contributed by atoms with Gasteiger partial charge in [0.15, 0.2) is 0 Å². The van der Waals surface area contributed by atoms with E-state index >= 15 is 8.78 Å². The van der Waals surface area contributed by atoms with Crippen molar-refractivity contribution >= 4 is 101 Å². The number of nitrogens with zero attached hydrogens (tertiary/aromatic N) is 6. The SMILES string of the molecule is CCCC(C)(C)c1c(F)c(-c2nn(C)c(OC(F)F)c2Cl)c2sc(OC(=O)CC(=O)Oc3nc4c(Cl)cc(F)c(-c5nn(C)c(OC(F)F)c5Cl)c4s3)nc2c1Cl. The highest BCUT2D eigenvalue weighted by Crippen LogP contribution is 2.50. The molecule has 12 nitrogen and oxygen atoms in total. The van der Waals surface area contributed by atoms with Crippen molar-refractivity contribution < 1.29 is 54.9 Å². The second-order valence-electron chi connectivity index (χ2n) is 12.6. The lowest BCUT2D eigenvalue weighted by molar-refractivity contribution is -0.144. The first-order chi connectivity index (χ1) is 26.7. The number of aryl methyl sites for hydroxylation is 2. The van der Waals surface area contributed by atoms with Crippen LogP contribution in [0, 0.1) is 11.6 Å². The Morgan fingerprint density at radius 3 is 1.75 bits per heavy atom. The number of aromatic nitrogens is 6. The molecule has 0 fully saturated rings. The van der Waals surface area contributed by atoms with Crippen molar-refractivity contribution in [3.63, 3.8) is 0 Å². The van der Waals surface area contributed by atoms with Crippen LogP contribution in [-0.2, 0) is 29.1 Å². The van der Waals surface area contributed by atoms with E-state index in [0.717, 1.165) is 15.4 Å². The number of rotatable bonds is 13. The number of carbonyl (C=O) groups is 2. The Bertz CT molecular complexity index is 2580. The summed E-state index contributed by atoms with van der Waals surface area (Å²) in [5.41, 5.74) is -2.13. The Labute approximate surface area is 345 Å². The third-order valence-electron chi connectivity index (χ3n) is 8.25. The third-order valence-corrected chi connectivity index (χ3v) is 11.5. The Morgan fingerprint density at radius 1 is 0.789 bits per heavy atom. The monoisotopic (exact) mass is 918 g/mol. The molecule has 0 saturated carbocycles. The molecule has 6 rings (SSSR count). The van der Waals surface area contributed by atoms with E-state index in [-0.39, 0.29) is 63.8 Å². The quantitative estimate of drug-likeness (QED) is 0.0626. The minimum absolute atomic E-state index is 0.0159. The third kappa shape index (κ3) is 8.16. The molecule has 0 unspecified atom stereocenters. The fourth-order valence-electron chi connectivity index (χ4n) is 6.01. The molecular formula is C33H24Cl4F6N6O6S2. The maximum Gasteiger partial charge on any atom is 0.388 e. The molecule has 0 amide bonds. The van der Waals surface area contributed by atoms with E-state index in [1.54, 1.807) is 13.8 Å². The minimum atomic E-state index is -3.27. The summed E-state index contributed by atoms with van der Waals surface area (Å²) < 4.78 is 105. The van der Waals surface area contributed by atoms with Crippen LogP contribution in [0.4, 0.5) is 26.3 Å². The topological polar surface area (TPSA) is 132 Å². The average molecular weight is 921 g/mol. The number of thiazole rings is 2. The van der Waals surface area contributed by atoms with Crippen molar-refractivity contribution in [1.29, 1.82) is 0 Å². The lowest BCUT2D eigenvalue weighted by Gasteiger charge is -2.27. The molecule has 6 aromatic rings. The number of carbonyl (C=O) groups excluding carboxylic acids is 2. The molecule has 0 saturated heterocycles. The lowest BCUT2D eigenvalue weighted by atomic mass is 9.79. The number of ether oxygens (including phenoxy) is 4. The summed E-state index contributed by atoms with van der Waals surface area (Å²) in [7, 11) is 2.50. The van der Waals surface area contributed by atoms with E-state index in [1.165, 1.54) is 14.1 Å². The molecule has 0 N–H and O–H groups in total. The van der Waals surface area contributed by atoms with Gasteiger partial charge in [-0.25, -0.2) is 28.1 Å². The van der Waals surface area contributed by atoms with Crippen LogP contribution in [0.5, 0.6) is 22.1 Å². The fraction of sp³-hybridized carbons (Fsp3) is 0.333. The zero-order valence-corrected chi connectivity index (χ0v) is 34.2. The van der Waals surface area contributed by atoms with Gasteiger partial charge in [0.2, 0.25) is 11.8 Å². The standard InChI is InChI=1S/C33H24Cl4F6N6O6S2/c1-6-7-33(2,3)16-17(35)24-26(15(20(16)39)23-19(37)28(49(5)47-23)55-30(42)43)57-32(45-24)53-13(51)9-12(50)52-31-44-21-10(34)8-11(38)14(25(21)56-31)22-18(36)27(48(4)46-22)54-29(40)41/h8,29-30H,6-7,9H2,1-5H3. The first kappa shape index (κ1) is 42.5. The van der Waals surface area contributed by atoms with Crippen molar-refractivity contribution in [2.24, 2.45) is 14.1 Å². The summed E-state index contributed by atoms with van der Waals surface area (Å²) in [4.78, 5) is 34.3. The maximum absolute atomic E-state index is 16.7. The molecule has 0 radical (unpaired) electrons. The molecule has 0 aliphatic heterocycles. The number of esters is 2. The van der Waals surface area contributed by atoms with Gasteiger partial charge in [0.1, 0.15) is 50.5 Å². The summed E-state index contributed by atoms with van der Waals surface area (Å²) in [6.07, 6.45) is 0.0678. The van der Waals surface area contributed by atoms with Crippen molar-refractivity contribution in [1.82, 2.24) is 29.5 Å². The smallest absolute Gasteiger partial charge is 0.388 e. The highest BCUT2D eigenvalue weighted by atomic mass is 35.5. The van der Waals surface area contributed by atoms with Crippen LogP contribution in [0.3, 0.4) is 0 Å². The van der Waals surface area contributed by atoms with Gasteiger partial charge in [0.05, 0.1) is 30.6 Å². The zero-order valence-electron chi connectivity index (χ0n) is 29.6. The van der Waals surface area contributed by atoms with Crippen molar-refractivity contribution in [2.75, 3.05) is 0 Å². The van der Waals surface area contributed by atoms with Gasteiger partial charge in [0, 0.05) is 19.7 Å². The summed E-state index contributed by atoms with van der Waals surface area (Å²) in [5.74, 6) is -5.31.